The van der Waals surface area contributed by atoms with Crippen LogP contribution in [0.25, 0.3) is 10.1 Å². The summed E-state index contributed by atoms with van der Waals surface area (Å²) >= 11 is 1.28. The molecule has 2 fully saturated rings. The Labute approximate surface area is 692 Å². The van der Waals surface area contributed by atoms with Crippen LogP contribution in [0.1, 0.15) is 102 Å². The first-order valence-electron chi connectivity index (χ1n) is 40.3. The first-order chi connectivity index (χ1) is 56.6. The Kier molecular flexibility index (Phi) is 41.1. The number of carbonyl (C=O) groups is 9. The molecule has 2 aromatic heterocycles. The number of carboxylic acids is 1. The van der Waals surface area contributed by atoms with Crippen LogP contribution in [0, 0.1) is 23.7 Å². The average Bonchev–Trinajstić information content (AvgIpc) is 1.66. The Morgan fingerprint density at radius 2 is 1.35 bits per heavy atom. The van der Waals surface area contributed by atoms with Crippen molar-refractivity contribution in [3.05, 3.63) is 88.6 Å². The minimum absolute atomic E-state index is 0.0652. The zero-order valence-electron chi connectivity index (χ0n) is 69.5. The Morgan fingerprint density at radius 1 is 0.720 bits per heavy atom. The maximum absolute atomic E-state index is 15.0. The predicted molar refractivity (Wildman–Crippen MR) is 427 cm³/mol. The van der Waals surface area contributed by atoms with Crippen molar-refractivity contribution in [3.8, 4) is 5.75 Å². The Bertz CT molecular complexity index is 3810. The van der Waals surface area contributed by atoms with Gasteiger partial charge in [-0.25, -0.2) is 14.3 Å². The molecule has 0 saturated carbocycles. The summed E-state index contributed by atoms with van der Waals surface area (Å²) in [6.45, 7) is 17.3. The summed E-state index contributed by atoms with van der Waals surface area (Å²) in [6, 6.07) is 9.17. The summed E-state index contributed by atoms with van der Waals surface area (Å²) in [5, 5.41) is 69.2. The number of aliphatic carboxylic acids is 1. The van der Waals surface area contributed by atoms with Crippen LogP contribution in [0.15, 0.2) is 66.9 Å². The van der Waals surface area contributed by atoms with E-state index >= 15 is 0 Å². The highest BCUT2D eigenvalue weighted by atomic mass is 32.1. The number of hydrogen-bond acceptors (Lipinski definition) is 28. The summed E-state index contributed by atoms with van der Waals surface area (Å²) in [5.74, 6) is -5.98. The number of carbonyl (C=O) groups excluding carboxylic acids is 8. The van der Waals surface area contributed by atoms with Gasteiger partial charge in [0.05, 0.1) is 155 Å². The Balaban J connectivity index is 0.851. The molecule has 0 bridgehead atoms. The van der Waals surface area contributed by atoms with E-state index in [2.05, 4.69) is 26.3 Å². The number of rotatable bonds is 55. The van der Waals surface area contributed by atoms with E-state index in [4.69, 9.17) is 56.8 Å². The largest absolute Gasteiger partial charge is 0.480 e. The van der Waals surface area contributed by atoms with Gasteiger partial charge in [-0.05, 0) is 54.7 Å². The molecule has 3 aliphatic rings. The van der Waals surface area contributed by atoms with Crippen LogP contribution in [0.5, 0.6) is 5.75 Å². The number of nitrogens with zero attached hydrogens (tertiary/aromatic N) is 7. The molecule has 0 radical (unpaired) electrons. The molecule has 2 saturated heterocycles. The minimum atomic E-state index is -1.73. The van der Waals surface area contributed by atoms with Crippen molar-refractivity contribution in [2.24, 2.45) is 23.7 Å². The molecule has 0 aliphatic carbocycles. The first-order valence-corrected chi connectivity index (χ1v) is 41.1. The highest BCUT2D eigenvalue weighted by molar-refractivity contribution is 7.19. The SMILES string of the molecule is CCC(C)[C@@H]([C@@H](CC(=O)N1CCC[C@H]1[C@H](OC)[C@@H](C)C(=O)NC(Cc1ccccc1)C(=O)O)OC)N(C)C(=O)[C@@H](NC(=O)[C@H](C(C)C)N(C)C(=O)OCc1ccc(O[C@@H]2O[C@H](CO)[C@H](O)[C@H](O)[C@H]2O)c2cc(CCC(=O)NCCOCCOCCOCCn3cc(COCCOCCOCCOCCN4C(=O)C=CC4=O)nn3)sc12)C(C)C. The number of likely N-dealkylation sites (tertiary alicyclic amines) is 1. The summed E-state index contributed by atoms with van der Waals surface area (Å²) in [6.07, 6.45) is -4.23. The average molecular weight is 1680 g/mol. The topological polar surface area (TPSA) is 445 Å². The number of benzene rings is 2. The summed E-state index contributed by atoms with van der Waals surface area (Å²) in [5.41, 5.74) is 1.88. The van der Waals surface area contributed by atoms with E-state index < -0.39 is 127 Å². The van der Waals surface area contributed by atoms with Crippen molar-refractivity contribution in [1.82, 2.24) is 50.5 Å². The summed E-state index contributed by atoms with van der Waals surface area (Å²) in [4.78, 5) is 127. The highest BCUT2D eigenvalue weighted by Gasteiger charge is 2.47. The number of amides is 8. The van der Waals surface area contributed by atoms with E-state index in [9.17, 15) is 68.7 Å². The smallest absolute Gasteiger partial charge is 0.410 e. The van der Waals surface area contributed by atoms with Gasteiger partial charge in [-0.1, -0.05) is 96.5 Å². The number of nitrogens with one attached hydrogen (secondary N) is 3. The second-order valence-corrected chi connectivity index (χ2v) is 31.1. The number of aliphatic hydroxyl groups excluding tert-OH is 4. The van der Waals surface area contributed by atoms with Gasteiger partial charge in [0.1, 0.15) is 60.6 Å². The third kappa shape index (κ3) is 29.0. The van der Waals surface area contributed by atoms with Gasteiger partial charge >= 0.3 is 12.1 Å². The molecule has 8 N–H and O–H groups in total. The van der Waals surface area contributed by atoms with Gasteiger partial charge in [0.2, 0.25) is 35.8 Å². The molecule has 2 aromatic carbocycles. The Morgan fingerprint density at radius 3 is 1.95 bits per heavy atom. The van der Waals surface area contributed by atoms with Crippen LogP contribution in [0.3, 0.4) is 0 Å². The van der Waals surface area contributed by atoms with E-state index in [1.54, 1.807) is 93.8 Å². The van der Waals surface area contributed by atoms with Gasteiger partial charge in [-0.3, -0.25) is 43.4 Å². The number of likely N-dealkylation sites (N-methyl/N-ethyl adjacent to an activating group) is 2. The number of ether oxygens (including phenoxy) is 12. The minimum Gasteiger partial charge on any atom is -0.480 e. The van der Waals surface area contributed by atoms with E-state index in [1.807, 2.05) is 19.9 Å². The van der Waals surface area contributed by atoms with Gasteiger partial charge in [-0.2, -0.15) is 0 Å². The third-order valence-electron chi connectivity index (χ3n) is 20.9. The van der Waals surface area contributed by atoms with Crippen molar-refractivity contribution in [2.75, 3.05) is 140 Å². The number of hydrogen-bond donors (Lipinski definition) is 8. The fourth-order valence-corrected chi connectivity index (χ4v) is 15.4. The second kappa shape index (κ2) is 50.1. The van der Waals surface area contributed by atoms with Crippen LogP contribution < -0.4 is 20.7 Å². The van der Waals surface area contributed by atoms with Gasteiger partial charge in [0.25, 0.3) is 11.8 Å². The monoisotopic (exact) mass is 1680 g/mol. The molecule has 8 amide bonds. The lowest BCUT2D eigenvalue weighted by Crippen LogP contribution is -2.60. The molecule has 118 heavy (non-hydrogen) atoms. The molecule has 36 nitrogen and oxygen atoms in total. The lowest BCUT2D eigenvalue weighted by atomic mass is 9.89. The molecule has 2 unspecified atom stereocenters. The van der Waals surface area contributed by atoms with Gasteiger partial charge in [0.15, 0.2) is 0 Å². The molecule has 37 heteroatoms. The van der Waals surface area contributed by atoms with Gasteiger partial charge in [-0.15, -0.1) is 16.4 Å². The fourth-order valence-electron chi connectivity index (χ4n) is 14.2. The molecule has 3 aliphatic heterocycles. The van der Waals surface area contributed by atoms with Crippen molar-refractivity contribution >= 4 is 74.8 Å². The number of aromatic nitrogens is 3. The lowest BCUT2D eigenvalue weighted by Gasteiger charge is -2.41. The number of fused-ring (bicyclic) bond motifs is 1. The van der Waals surface area contributed by atoms with Gasteiger partial charge in [0, 0.05) is 86.9 Å². The first kappa shape index (κ1) is 96.9. The number of carboxylic acid groups (broad SMARTS) is 1. The fraction of sp³-hybridized carbons (Fsp3) is 0.667. The van der Waals surface area contributed by atoms with Crippen molar-refractivity contribution in [1.29, 1.82) is 0 Å². The van der Waals surface area contributed by atoms with Crippen LogP contribution in [-0.2, 0) is 123 Å². The predicted octanol–water partition coefficient (Wildman–Crippen LogP) is 2.43. The number of thiophene rings is 1. The number of imide groups is 1. The quantitative estimate of drug-likeness (QED) is 0.0232. The van der Waals surface area contributed by atoms with E-state index in [1.165, 1.54) is 55.7 Å². The zero-order chi connectivity index (χ0) is 86.0. The maximum atomic E-state index is 15.0. The van der Waals surface area contributed by atoms with Crippen LogP contribution in [0.2, 0.25) is 0 Å². The van der Waals surface area contributed by atoms with Crippen LogP contribution in [0.4, 0.5) is 4.79 Å². The van der Waals surface area contributed by atoms with Gasteiger partial charge < -0.3 is 108 Å². The molecule has 0 spiro atoms. The van der Waals surface area contributed by atoms with Crippen molar-refractivity contribution in [2.45, 2.75) is 186 Å². The zero-order valence-corrected chi connectivity index (χ0v) is 70.3. The normalized spacial score (nSPS) is 19.6. The van der Waals surface area contributed by atoms with Crippen molar-refractivity contribution in [3.63, 3.8) is 0 Å². The molecule has 5 heterocycles. The standard InChI is InChI=1S/C81H122N10O26S/c1-12-52(6)70(62(106-10)45-67(96)90-27-16-19-60(90)74(107-11)53(7)76(100)83-59(79(103)104)43-54-17-14-13-15-18-54)87(8)78(102)68(50(2)3)84-77(101)69(51(4)5)88(9)81(105)115-48-55-20-22-61(116-80-73(99)72(98)71(97)63(47-92)117-80)58-44-57(118-75(55)58)21-23-64(93)82-26-30-108-33-36-111-37-34-109-31-28-89-46-56(85-86-89)49-114-42-41-113-40-39-112-38-35-110-32-29-91-65(94)24-25-66(91)95/h13-15,17-18,20,22,24-25,44,46,50-53,59-60,62-63,68-74,80,92,97-99H,12,16,19,21,23,26-43,45,47-49H2,1-11H3,(H,82,93)(H,83,100)(H,84,101)(H,103,104)/t52?,53-,59?,60+,62-,63-,68+,69+,70+,71+,72+,73-,74-,80-/m1/s1. The number of aryl methyl sites for hydroxylation is 1. The number of methoxy groups -OCH3 is 2. The lowest BCUT2D eigenvalue weighted by molar-refractivity contribution is -0.277. The molecule has 14 atom stereocenters. The summed E-state index contributed by atoms with van der Waals surface area (Å²) < 4.78 is 71.1. The highest BCUT2D eigenvalue weighted by Crippen LogP contribution is 2.39. The third-order valence-corrected chi connectivity index (χ3v) is 22.2. The van der Waals surface area contributed by atoms with E-state index in [-0.39, 0.29) is 107 Å². The van der Waals surface area contributed by atoms with E-state index in [0.29, 0.717) is 125 Å². The second-order valence-electron chi connectivity index (χ2n) is 30.0. The maximum Gasteiger partial charge on any atom is 0.410 e. The van der Waals surface area contributed by atoms with E-state index in [0.717, 1.165) is 15.4 Å². The van der Waals surface area contributed by atoms with Crippen LogP contribution in [-0.4, -0.2) is 327 Å². The molecular formula is C81H122N10O26S. The van der Waals surface area contributed by atoms with Crippen molar-refractivity contribution < 1.29 is 126 Å². The Hall–Kier alpha value is -8.25. The summed E-state index contributed by atoms with van der Waals surface area (Å²) in [7, 11) is 5.95. The van der Waals surface area contributed by atoms with Crippen LogP contribution >= 0.6 is 11.3 Å². The molecular weight excluding hydrogens is 1560 g/mol. The molecule has 7 rings (SSSR count). The molecule has 4 aromatic rings. The number of aliphatic hydroxyl groups is 4. The molecule has 658 valence electrons.